The molecule has 2 heterocycles. The molecule has 6 nitrogen and oxygen atoms in total. The van der Waals surface area contributed by atoms with Gasteiger partial charge in [0.15, 0.2) is 0 Å². The summed E-state index contributed by atoms with van der Waals surface area (Å²) in [7, 11) is 0. The maximum Gasteiger partial charge on any atom is 0.416 e. The van der Waals surface area contributed by atoms with E-state index in [-0.39, 0.29) is 17.7 Å². The predicted molar refractivity (Wildman–Crippen MR) is 124 cm³/mol. The fourth-order valence-corrected chi connectivity index (χ4v) is 3.34. The summed E-state index contributed by atoms with van der Waals surface area (Å²) in [5.74, 6) is -0.915. The molecule has 1 amide bonds. The molecule has 4 rings (SSSR count). The zero-order valence-electron chi connectivity index (χ0n) is 18.9. The van der Waals surface area contributed by atoms with Gasteiger partial charge in [0.05, 0.1) is 16.8 Å². The van der Waals surface area contributed by atoms with Gasteiger partial charge in [0.2, 0.25) is 5.95 Å². The van der Waals surface area contributed by atoms with E-state index in [9.17, 15) is 31.1 Å². The van der Waals surface area contributed by atoms with Gasteiger partial charge in [0, 0.05) is 41.1 Å². The molecule has 12 heteroatoms. The average molecular weight is 517 g/mol. The number of halogens is 6. The van der Waals surface area contributed by atoms with Crippen molar-refractivity contribution in [2.45, 2.75) is 19.3 Å². The van der Waals surface area contributed by atoms with E-state index >= 15 is 0 Å². The number of hydrogen-bond acceptors (Lipinski definition) is 5. The highest BCUT2D eigenvalue weighted by atomic mass is 19.4. The zero-order valence-corrected chi connectivity index (χ0v) is 18.9. The van der Waals surface area contributed by atoms with Crippen molar-refractivity contribution < 1.29 is 31.1 Å². The lowest BCUT2D eigenvalue weighted by Gasteiger charge is -2.15. The second-order valence-corrected chi connectivity index (χ2v) is 7.91. The van der Waals surface area contributed by atoms with Gasteiger partial charge < -0.3 is 10.6 Å². The number of nitrogens with zero attached hydrogens (tertiary/aromatic N) is 3. The van der Waals surface area contributed by atoms with Crippen molar-refractivity contribution in [1.29, 1.82) is 0 Å². The summed E-state index contributed by atoms with van der Waals surface area (Å²) >= 11 is 0. The second kappa shape index (κ2) is 9.88. The van der Waals surface area contributed by atoms with Crippen LogP contribution in [0.25, 0.3) is 11.3 Å². The number of carbonyl (C=O) groups is 1. The van der Waals surface area contributed by atoms with Gasteiger partial charge >= 0.3 is 12.4 Å². The van der Waals surface area contributed by atoms with Crippen molar-refractivity contribution in [2.24, 2.45) is 0 Å². The molecular formula is C25H17F6N5O. The van der Waals surface area contributed by atoms with Crippen LogP contribution in [0, 0.1) is 6.92 Å². The summed E-state index contributed by atoms with van der Waals surface area (Å²) in [6.45, 7) is 1.75. The lowest BCUT2D eigenvalue weighted by Crippen LogP contribution is -2.17. The summed E-state index contributed by atoms with van der Waals surface area (Å²) in [5.41, 5.74) is -1.29. The standard InChI is InChI=1S/C25H17F6N5O/c1-14-4-5-19(12-21(14)36-23-33-8-6-20(35-23)15-3-2-7-32-13-15)34-22(37)16-9-17(24(26,27)28)11-18(10-16)25(29,30)31/h2-13H,1H3,(H,34,37)(H,33,35,36). The van der Waals surface area contributed by atoms with Crippen LogP contribution in [0.5, 0.6) is 0 Å². The van der Waals surface area contributed by atoms with Crippen LogP contribution < -0.4 is 10.6 Å². The first kappa shape index (κ1) is 25.6. The van der Waals surface area contributed by atoms with Gasteiger partial charge in [-0.3, -0.25) is 9.78 Å². The van der Waals surface area contributed by atoms with Crippen LogP contribution >= 0.6 is 0 Å². The Labute approximate surface area is 206 Å². The Morgan fingerprint density at radius 3 is 2.19 bits per heavy atom. The van der Waals surface area contributed by atoms with E-state index < -0.39 is 35.0 Å². The number of rotatable bonds is 5. The first-order valence-corrected chi connectivity index (χ1v) is 10.6. The summed E-state index contributed by atoms with van der Waals surface area (Å²) in [4.78, 5) is 25.3. The fraction of sp³-hybridized carbons (Fsp3) is 0.120. The molecule has 37 heavy (non-hydrogen) atoms. The van der Waals surface area contributed by atoms with E-state index in [0.29, 0.717) is 29.1 Å². The van der Waals surface area contributed by atoms with E-state index in [0.717, 1.165) is 5.56 Å². The van der Waals surface area contributed by atoms with Crippen molar-refractivity contribution >= 4 is 23.2 Å². The summed E-state index contributed by atoms with van der Waals surface area (Å²) in [6, 6.07) is 10.5. The van der Waals surface area contributed by atoms with Crippen molar-refractivity contribution in [3.05, 3.63) is 95.4 Å². The number of nitrogens with one attached hydrogen (secondary N) is 2. The molecule has 0 radical (unpaired) electrons. The minimum absolute atomic E-state index is 0.0374. The number of aryl methyl sites for hydroxylation is 1. The minimum Gasteiger partial charge on any atom is -0.324 e. The van der Waals surface area contributed by atoms with E-state index in [1.165, 1.54) is 18.3 Å². The highest BCUT2D eigenvalue weighted by molar-refractivity contribution is 6.04. The molecular weight excluding hydrogens is 500 g/mol. The van der Waals surface area contributed by atoms with Gasteiger partial charge in [0.1, 0.15) is 0 Å². The van der Waals surface area contributed by atoms with Crippen LogP contribution in [-0.4, -0.2) is 20.9 Å². The number of amides is 1. The number of pyridine rings is 1. The van der Waals surface area contributed by atoms with Crippen LogP contribution in [0.3, 0.4) is 0 Å². The Morgan fingerprint density at radius 2 is 1.57 bits per heavy atom. The number of hydrogen-bond donors (Lipinski definition) is 2. The molecule has 2 aromatic heterocycles. The largest absolute Gasteiger partial charge is 0.416 e. The number of carbonyl (C=O) groups excluding carboxylic acids is 1. The topological polar surface area (TPSA) is 79.8 Å². The van der Waals surface area contributed by atoms with Crippen LogP contribution in [0.1, 0.15) is 27.0 Å². The second-order valence-electron chi connectivity index (χ2n) is 7.91. The third kappa shape index (κ3) is 6.21. The summed E-state index contributed by atoms with van der Waals surface area (Å²) in [5, 5.41) is 5.35. The smallest absolute Gasteiger partial charge is 0.324 e. The Balaban J connectivity index is 1.59. The quantitative estimate of drug-likeness (QED) is 0.282. The van der Waals surface area contributed by atoms with Crippen molar-refractivity contribution in [2.75, 3.05) is 10.6 Å². The third-order valence-corrected chi connectivity index (χ3v) is 5.20. The molecule has 0 spiro atoms. The van der Waals surface area contributed by atoms with Gasteiger partial charge in [-0.05, 0) is 61.0 Å². The zero-order chi connectivity index (χ0) is 26.8. The molecule has 2 aromatic carbocycles. The monoisotopic (exact) mass is 517 g/mol. The van der Waals surface area contributed by atoms with Gasteiger partial charge in [-0.1, -0.05) is 6.07 Å². The first-order valence-electron chi connectivity index (χ1n) is 10.6. The number of aromatic nitrogens is 3. The maximum absolute atomic E-state index is 13.1. The van der Waals surface area contributed by atoms with E-state index in [1.807, 2.05) is 6.07 Å². The molecule has 0 atom stereocenters. The maximum atomic E-state index is 13.1. The number of benzene rings is 2. The fourth-order valence-electron chi connectivity index (χ4n) is 3.34. The average Bonchev–Trinajstić information content (AvgIpc) is 2.85. The Hall–Kier alpha value is -4.48. The lowest BCUT2D eigenvalue weighted by atomic mass is 10.0. The molecule has 0 aliphatic carbocycles. The van der Waals surface area contributed by atoms with Crippen LogP contribution in [0.15, 0.2) is 73.2 Å². The minimum atomic E-state index is -5.07. The molecule has 0 fully saturated rings. The molecule has 0 unspecified atom stereocenters. The molecule has 2 N–H and O–H groups in total. The van der Waals surface area contributed by atoms with Crippen molar-refractivity contribution in [1.82, 2.24) is 15.0 Å². The predicted octanol–water partition coefficient (Wildman–Crippen LogP) is 6.88. The Bertz CT molecular complexity index is 1410. The highest BCUT2D eigenvalue weighted by Crippen LogP contribution is 2.36. The SMILES string of the molecule is Cc1ccc(NC(=O)c2cc(C(F)(F)F)cc(C(F)(F)F)c2)cc1Nc1nccc(-c2cccnc2)n1. The van der Waals surface area contributed by atoms with Crippen molar-refractivity contribution in [3.63, 3.8) is 0 Å². The van der Waals surface area contributed by atoms with Crippen molar-refractivity contribution in [3.8, 4) is 11.3 Å². The highest BCUT2D eigenvalue weighted by Gasteiger charge is 2.37. The first-order chi connectivity index (χ1) is 17.4. The van der Waals surface area contributed by atoms with E-state index in [1.54, 1.807) is 37.5 Å². The van der Waals surface area contributed by atoms with E-state index in [4.69, 9.17) is 0 Å². The molecule has 0 saturated heterocycles. The van der Waals surface area contributed by atoms with Gasteiger partial charge in [-0.2, -0.15) is 26.3 Å². The Kier molecular flexibility index (Phi) is 6.84. The lowest BCUT2D eigenvalue weighted by molar-refractivity contribution is -0.143. The molecule has 0 aliphatic heterocycles. The molecule has 0 bridgehead atoms. The van der Waals surface area contributed by atoms with Gasteiger partial charge in [-0.25, -0.2) is 9.97 Å². The van der Waals surface area contributed by atoms with Gasteiger partial charge in [0.25, 0.3) is 5.91 Å². The van der Waals surface area contributed by atoms with Crippen LogP contribution in [-0.2, 0) is 12.4 Å². The Morgan fingerprint density at radius 1 is 0.865 bits per heavy atom. The molecule has 0 aliphatic rings. The summed E-state index contributed by atoms with van der Waals surface area (Å²) < 4.78 is 78.9. The van der Waals surface area contributed by atoms with E-state index in [2.05, 4.69) is 25.6 Å². The number of alkyl halides is 6. The number of anilines is 3. The normalized spacial score (nSPS) is 11.8. The molecule has 0 saturated carbocycles. The summed E-state index contributed by atoms with van der Waals surface area (Å²) in [6.07, 6.45) is -5.35. The third-order valence-electron chi connectivity index (χ3n) is 5.20. The van der Waals surface area contributed by atoms with Crippen LogP contribution in [0.4, 0.5) is 43.7 Å². The van der Waals surface area contributed by atoms with Gasteiger partial charge in [-0.15, -0.1) is 0 Å². The molecule has 4 aromatic rings. The molecule has 190 valence electrons. The van der Waals surface area contributed by atoms with Crippen LogP contribution in [0.2, 0.25) is 0 Å².